The van der Waals surface area contributed by atoms with Gasteiger partial charge in [0, 0.05) is 5.41 Å². The van der Waals surface area contributed by atoms with Gasteiger partial charge in [-0.25, -0.2) is 0 Å². The summed E-state index contributed by atoms with van der Waals surface area (Å²) in [6.45, 7) is 12.1. The van der Waals surface area contributed by atoms with Gasteiger partial charge >= 0.3 is 7.32 Å². The molecule has 5 heteroatoms. The van der Waals surface area contributed by atoms with Gasteiger partial charge in [0.15, 0.2) is 0 Å². The maximum Gasteiger partial charge on any atom is 0.631 e. The van der Waals surface area contributed by atoms with Gasteiger partial charge in [-0.3, -0.25) is 0 Å². The van der Waals surface area contributed by atoms with Crippen molar-refractivity contribution in [3.8, 4) is 11.1 Å². The summed E-state index contributed by atoms with van der Waals surface area (Å²) in [6, 6.07) is 17.0. The lowest BCUT2D eigenvalue weighted by molar-refractivity contribution is 0.278. The van der Waals surface area contributed by atoms with E-state index in [-0.39, 0.29) is 5.41 Å². The molecule has 0 saturated heterocycles. The minimum atomic E-state index is -2.17. The lowest BCUT2D eigenvalue weighted by Crippen LogP contribution is -2.38. The SMILES string of the molecule is CCCCCCCCC1(CCCCCCCC)c2ccccc2-c2ccc([Si](C)(C)C)cc21.OB(O)O. The van der Waals surface area contributed by atoms with Crippen LogP contribution in [0.15, 0.2) is 42.5 Å². The predicted octanol–water partition coefficient (Wildman–Crippen LogP) is 7.95. The molecular formula is C32H53BO3Si. The van der Waals surface area contributed by atoms with Crippen molar-refractivity contribution >= 4 is 20.6 Å². The summed E-state index contributed by atoms with van der Waals surface area (Å²) in [5, 5.41) is 23.1. The van der Waals surface area contributed by atoms with Crippen molar-refractivity contribution in [3.63, 3.8) is 0 Å². The Kier molecular flexibility index (Phi) is 13.7. The van der Waals surface area contributed by atoms with Crippen molar-refractivity contribution in [3.05, 3.63) is 53.6 Å². The molecule has 3 N–H and O–H groups in total. The van der Waals surface area contributed by atoms with Gasteiger partial charge in [-0.2, -0.15) is 0 Å². The zero-order valence-electron chi connectivity index (χ0n) is 24.4. The highest BCUT2D eigenvalue weighted by atomic mass is 28.3. The summed E-state index contributed by atoms with van der Waals surface area (Å²) in [5.41, 5.74) is 6.59. The molecule has 3 nitrogen and oxygen atoms in total. The van der Waals surface area contributed by atoms with E-state index in [0.717, 1.165) is 0 Å². The highest BCUT2D eigenvalue weighted by molar-refractivity contribution is 6.88. The molecule has 0 saturated carbocycles. The van der Waals surface area contributed by atoms with Gasteiger partial charge in [-0.05, 0) is 35.1 Å². The standard InChI is InChI=1S/C32H50Si.BH3O3/c1-6-8-10-12-14-18-24-32(25-19-15-13-11-9-7-2)30-21-17-16-20-28(30)29-23-22-27(26-31(29)32)33(3,4)5;2-1(3)4/h16-17,20-23,26H,6-15,18-19,24-25H2,1-5H3;2-4H. The van der Waals surface area contributed by atoms with Crippen molar-refractivity contribution in [2.24, 2.45) is 0 Å². The van der Waals surface area contributed by atoms with E-state index in [0.29, 0.717) is 0 Å². The number of fused-ring (bicyclic) bond motifs is 3. The van der Waals surface area contributed by atoms with E-state index in [1.807, 2.05) is 0 Å². The van der Waals surface area contributed by atoms with Gasteiger partial charge in [-0.1, -0.05) is 158 Å². The van der Waals surface area contributed by atoms with Crippen LogP contribution in [0.2, 0.25) is 19.6 Å². The highest BCUT2D eigenvalue weighted by Gasteiger charge is 2.42. The fraction of sp³-hybridized carbons (Fsp3) is 0.625. The molecule has 1 aliphatic carbocycles. The van der Waals surface area contributed by atoms with E-state index < -0.39 is 15.4 Å². The molecule has 37 heavy (non-hydrogen) atoms. The maximum atomic E-state index is 7.17. The fourth-order valence-corrected chi connectivity index (χ4v) is 7.16. The Morgan fingerprint density at radius 3 is 1.59 bits per heavy atom. The zero-order valence-corrected chi connectivity index (χ0v) is 25.4. The second-order valence-electron chi connectivity index (χ2n) is 12.0. The van der Waals surface area contributed by atoms with E-state index >= 15 is 0 Å². The van der Waals surface area contributed by atoms with E-state index in [2.05, 4.69) is 76.0 Å². The molecule has 2 aromatic rings. The van der Waals surface area contributed by atoms with Crippen LogP contribution in [0, 0.1) is 0 Å². The van der Waals surface area contributed by atoms with Crippen molar-refractivity contribution in [2.75, 3.05) is 0 Å². The van der Waals surface area contributed by atoms with Gasteiger partial charge in [0.05, 0.1) is 8.07 Å². The third-order valence-electron chi connectivity index (χ3n) is 8.05. The minimum Gasteiger partial charge on any atom is -0.402 e. The summed E-state index contributed by atoms with van der Waals surface area (Å²) in [6.07, 6.45) is 19.3. The average Bonchev–Trinajstić information content (AvgIpc) is 3.12. The van der Waals surface area contributed by atoms with Crippen molar-refractivity contribution in [1.29, 1.82) is 0 Å². The highest BCUT2D eigenvalue weighted by Crippen LogP contribution is 2.54. The number of rotatable bonds is 15. The summed E-state index contributed by atoms with van der Waals surface area (Å²) >= 11 is 0. The molecule has 0 bridgehead atoms. The number of benzene rings is 2. The van der Waals surface area contributed by atoms with Crippen LogP contribution in [0.1, 0.15) is 115 Å². The lowest BCUT2D eigenvalue weighted by Gasteiger charge is -2.34. The summed E-state index contributed by atoms with van der Waals surface area (Å²) in [7, 11) is -3.51. The molecule has 0 amide bonds. The van der Waals surface area contributed by atoms with Crippen LogP contribution >= 0.6 is 0 Å². The normalized spacial score (nSPS) is 13.5. The summed E-state index contributed by atoms with van der Waals surface area (Å²) < 4.78 is 0. The van der Waals surface area contributed by atoms with Crippen LogP contribution in [0.5, 0.6) is 0 Å². The second kappa shape index (κ2) is 15.9. The molecule has 0 radical (unpaired) electrons. The fourth-order valence-electron chi connectivity index (χ4n) is 6.00. The summed E-state index contributed by atoms with van der Waals surface area (Å²) in [4.78, 5) is 0. The molecule has 0 aromatic heterocycles. The molecule has 0 fully saturated rings. The molecule has 3 rings (SSSR count). The van der Waals surface area contributed by atoms with Gasteiger partial charge in [-0.15, -0.1) is 0 Å². The quantitative estimate of drug-likeness (QED) is 0.164. The van der Waals surface area contributed by atoms with Gasteiger partial charge < -0.3 is 15.1 Å². The van der Waals surface area contributed by atoms with Gasteiger partial charge in [0.1, 0.15) is 0 Å². The largest absolute Gasteiger partial charge is 0.631 e. The monoisotopic (exact) mass is 524 g/mol. The number of hydrogen-bond acceptors (Lipinski definition) is 3. The van der Waals surface area contributed by atoms with Crippen molar-refractivity contribution in [2.45, 2.75) is 129 Å². The van der Waals surface area contributed by atoms with E-state index in [4.69, 9.17) is 15.1 Å². The number of hydrogen-bond donors (Lipinski definition) is 3. The molecule has 0 spiro atoms. The van der Waals surface area contributed by atoms with Crippen molar-refractivity contribution < 1.29 is 15.1 Å². The Bertz CT molecular complexity index is 904. The molecule has 1 aliphatic rings. The summed E-state index contributed by atoms with van der Waals surface area (Å²) in [5.74, 6) is 0. The first kappa shape index (κ1) is 31.8. The molecule has 206 valence electrons. The minimum absolute atomic E-state index is 0.233. The molecule has 0 unspecified atom stereocenters. The van der Waals surface area contributed by atoms with Crippen molar-refractivity contribution in [1.82, 2.24) is 0 Å². The van der Waals surface area contributed by atoms with E-state index in [1.165, 1.54) is 101 Å². The Balaban J connectivity index is 0.00000112. The average molecular weight is 525 g/mol. The van der Waals surface area contributed by atoms with E-state index in [1.54, 1.807) is 16.3 Å². The molecule has 0 atom stereocenters. The Morgan fingerprint density at radius 2 is 1.08 bits per heavy atom. The first-order chi connectivity index (χ1) is 17.7. The Labute approximate surface area is 228 Å². The van der Waals surface area contributed by atoms with Crippen LogP contribution in [-0.2, 0) is 5.41 Å². The second-order valence-corrected chi connectivity index (χ2v) is 17.1. The van der Waals surface area contributed by atoms with Crippen LogP contribution in [0.25, 0.3) is 11.1 Å². The number of unbranched alkanes of at least 4 members (excludes halogenated alkanes) is 10. The smallest absolute Gasteiger partial charge is 0.402 e. The molecule has 0 heterocycles. The third-order valence-corrected chi connectivity index (χ3v) is 10.1. The van der Waals surface area contributed by atoms with Crippen LogP contribution in [-0.4, -0.2) is 30.5 Å². The maximum absolute atomic E-state index is 7.17. The van der Waals surface area contributed by atoms with Gasteiger partial charge in [0.25, 0.3) is 0 Å². The first-order valence-corrected chi connectivity index (χ1v) is 18.5. The molecule has 0 aliphatic heterocycles. The zero-order chi connectivity index (χ0) is 27.3. The Morgan fingerprint density at radius 1 is 0.622 bits per heavy atom. The first-order valence-electron chi connectivity index (χ1n) is 15.0. The van der Waals surface area contributed by atoms with E-state index in [9.17, 15) is 0 Å². The third kappa shape index (κ3) is 9.38. The molecular weight excluding hydrogens is 471 g/mol. The van der Waals surface area contributed by atoms with Gasteiger partial charge in [0.2, 0.25) is 0 Å². The lowest BCUT2D eigenvalue weighted by atomic mass is 9.70. The topological polar surface area (TPSA) is 60.7 Å². The van der Waals surface area contributed by atoms with Crippen LogP contribution in [0.3, 0.4) is 0 Å². The van der Waals surface area contributed by atoms with Crippen LogP contribution in [0.4, 0.5) is 0 Å². The predicted molar refractivity (Wildman–Crippen MR) is 164 cm³/mol. The Hall–Kier alpha value is -1.40. The van der Waals surface area contributed by atoms with Crippen LogP contribution < -0.4 is 5.19 Å². The molecule has 2 aromatic carbocycles.